The van der Waals surface area contributed by atoms with Crippen LogP contribution >= 0.6 is 23.1 Å². The highest BCUT2D eigenvalue weighted by Crippen LogP contribution is 2.39. The van der Waals surface area contributed by atoms with E-state index in [4.69, 9.17) is 14.2 Å². The fourth-order valence-electron chi connectivity index (χ4n) is 3.30. The molecule has 0 spiro atoms. The average molecular weight is 490 g/mol. The first kappa shape index (κ1) is 22.8. The number of nitro benzene ring substituents is 1. The number of ether oxygens (including phenoxy) is 3. The van der Waals surface area contributed by atoms with Crippen LogP contribution in [0.3, 0.4) is 0 Å². The zero-order valence-electron chi connectivity index (χ0n) is 17.8. The number of methoxy groups -OCH3 is 2. The lowest BCUT2D eigenvalue weighted by Gasteiger charge is -2.17. The van der Waals surface area contributed by atoms with Gasteiger partial charge in [-0.1, -0.05) is 0 Å². The van der Waals surface area contributed by atoms with Crippen LogP contribution in [-0.4, -0.2) is 52.0 Å². The van der Waals surface area contributed by atoms with Gasteiger partial charge in [-0.15, -0.1) is 23.1 Å². The van der Waals surface area contributed by atoms with E-state index in [1.54, 1.807) is 25.1 Å². The first-order valence-corrected chi connectivity index (χ1v) is 11.5. The highest BCUT2D eigenvalue weighted by atomic mass is 32.2. The molecule has 2 heterocycles. The number of hydrogen-bond acceptors (Lipinski definition) is 11. The molecule has 0 amide bonds. The summed E-state index contributed by atoms with van der Waals surface area (Å²) >= 11 is 2.75. The Hall–Kier alpha value is -3.38. The summed E-state index contributed by atoms with van der Waals surface area (Å²) in [6, 6.07) is 6.82. The fourth-order valence-corrected chi connectivity index (χ4v) is 5.39. The van der Waals surface area contributed by atoms with Gasteiger partial charge in [0.15, 0.2) is 17.5 Å². The number of aromatic nitrogens is 1. The van der Waals surface area contributed by atoms with Gasteiger partial charge in [0.25, 0.3) is 5.69 Å². The first-order valence-electron chi connectivity index (χ1n) is 9.72. The molecule has 3 aromatic rings. The summed E-state index contributed by atoms with van der Waals surface area (Å²) in [5.74, 6) is 0.429. The lowest BCUT2D eigenvalue weighted by molar-refractivity contribution is -0.386. The number of phenolic OH excluding ortho intramolecular Hbond substituents is 1. The molecule has 0 aliphatic carbocycles. The predicted octanol–water partition coefficient (Wildman–Crippen LogP) is 4.09. The van der Waals surface area contributed by atoms with Crippen molar-refractivity contribution in [3.8, 4) is 17.2 Å². The van der Waals surface area contributed by atoms with Gasteiger partial charge in [0.2, 0.25) is 0 Å². The number of thioether (sulfide) groups is 1. The number of nitro groups is 1. The normalized spacial score (nSPS) is 16.3. The van der Waals surface area contributed by atoms with Crippen LogP contribution in [0.2, 0.25) is 0 Å². The van der Waals surface area contributed by atoms with Crippen molar-refractivity contribution in [2.45, 2.75) is 19.1 Å². The molecular formula is C21H19N3O7S2. The number of carbonyl (C=O) groups is 1. The summed E-state index contributed by atoms with van der Waals surface area (Å²) in [6.45, 7) is 1.55. The third-order valence-corrected chi connectivity index (χ3v) is 7.15. The van der Waals surface area contributed by atoms with Crippen molar-refractivity contribution >= 4 is 50.0 Å². The number of benzene rings is 2. The van der Waals surface area contributed by atoms with Gasteiger partial charge in [0.1, 0.15) is 21.9 Å². The lowest BCUT2D eigenvalue weighted by Crippen LogP contribution is -2.23. The van der Waals surface area contributed by atoms with Crippen molar-refractivity contribution in [1.82, 2.24) is 4.98 Å². The smallest absolute Gasteiger partial charge is 0.332 e. The van der Waals surface area contributed by atoms with E-state index in [1.807, 2.05) is 0 Å². The molecule has 0 bridgehead atoms. The van der Waals surface area contributed by atoms with Crippen LogP contribution < -0.4 is 9.47 Å². The lowest BCUT2D eigenvalue weighted by atomic mass is 10.1. The zero-order chi connectivity index (χ0) is 23.7. The summed E-state index contributed by atoms with van der Waals surface area (Å²) in [4.78, 5) is 32.7. The van der Waals surface area contributed by atoms with E-state index in [9.17, 15) is 20.0 Å². The molecule has 1 N–H and O–H groups in total. The molecule has 0 unspecified atom stereocenters. The number of phenols is 1. The van der Waals surface area contributed by atoms with Gasteiger partial charge in [-0.05, 0) is 31.2 Å². The van der Waals surface area contributed by atoms with Gasteiger partial charge in [0.05, 0.1) is 41.0 Å². The van der Waals surface area contributed by atoms with Crippen molar-refractivity contribution in [1.29, 1.82) is 0 Å². The molecule has 2 atom stereocenters. The Balaban J connectivity index is 1.53. The van der Waals surface area contributed by atoms with E-state index in [0.717, 1.165) is 10.2 Å². The van der Waals surface area contributed by atoms with Gasteiger partial charge in [-0.25, -0.2) is 9.78 Å². The largest absolute Gasteiger partial charge is 0.508 e. The van der Waals surface area contributed by atoms with Crippen LogP contribution in [0.25, 0.3) is 10.2 Å². The maximum absolute atomic E-state index is 12.8. The van der Waals surface area contributed by atoms with Crippen LogP contribution in [-0.2, 0) is 9.53 Å². The van der Waals surface area contributed by atoms with Crippen LogP contribution in [0.4, 0.5) is 5.69 Å². The topological polar surface area (TPSA) is 133 Å². The average Bonchev–Trinajstić information content (AvgIpc) is 3.44. The minimum absolute atomic E-state index is 0.151. The third-order valence-electron chi connectivity index (χ3n) is 4.94. The van der Waals surface area contributed by atoms with Crippen LogP contribution in [0.15, 0.2) is 35.3 Å². The highest BCUT2D eigenvalue weighted by molar-refractivity contribution is 8.15. The van der Waals surface area contributed by atoms with E-state index >= 15 is 0 Å². The van der Waals surface area contributed by atoms with Crippen LogP contribution in [0.5, 0.6) is 17.2 Å². The van der Waals surface area contributed by atoms with Crippen molar-refractivity contribution in [3.63, 3.8) is 0 Å². The molecule has 12 heteroatoms. The van der Waals surface area contributed by atoms with E-state index < -0.39 is 23.0 Å². The van der Waals surface area contributed by atoms with Gasteiger partial charge < -0.3 is 19.3 Å². The van der Waals surface area contributed by atoms with Crippen LogP contribution in [0, 0.1) is 10.1 Å². The van der Waals surface area contributed by atoms with Crippen LogP contribution in [0.1, 0.15) is 23.6 Å². The number of hydrogen-bond donors (Lipinski definition) is 1. The Labute approximate surface area is 196 Å². The number of fused-ring (bicyclic) bond motifs is 1. The highest BCUT2D eigenvalue weighted by Gasteiger charge is 2.32. The summed E-state index contributed by atoms with van der Waals surface area (Å²) in [5.41, 5.74) is 0.680. The molecule has 1 aromatic heterocycles. The number of aromatic hydroxyl groups is 1. The van der Waals surface area contributed by atoms with Gasteiger partial charge >= 0.3 is 5.97 Å². The molecule has 33 heavy (non-hydrogen) atoms. The zero-order valence-corrected chi connectivity index (χ0v) is 19.4. The second-order valence-corrected chi connectivity index (χ2v) is 9.07. The summed E-state index contributed by atoms with van der Waals surface area (Å²) in [7, 11) is 2.80. The molecular weight excluding hydrogens is 470 g/mol. The molecule has 1 aliphatic heterocycles. The Kier molecular flexibility index (Phi) is 6.38. The minimum atomic E-state index is -0.910. The summed E-state index contributed by atoms with van der Waals surface area (Å²) < 4.78 is 16.7. The van der Waals surface area contributed by atoms with Crippen molar-refractivity contribution < 1.29 is 29.0 Å². The second kappa shape index (κ2) is 9.24. The van der Waals surface area contributed by atoms with E-state index in [1.165, 1.54) is 49.5 Å². The molecule has 0 fully saturated rings. The Morgan fingerprint density at radius 3 is 2.67 bits per heavy atom. The van der Waals surface area contributed by atoms with Gasteiger partial charge in [0, 0.05) is 5.75 Å². The molecule has 0 radical (unpaired) electrons. The third kappa shape index (κ3) is 4.57. The number of nitrogens with zero attached hydrogens (tertiary/aromatic N) is 3. The second-order valence-electron chi connectivity index (χ2n) is 7.03. The molecule has 4 rings (SSSR count). The molecule has 0 saturated heterocycles. The maximum atomic E-state index is 12.8. The summed E-state index contributed by atoms with van der Waals surface area (Å²) in [5, 5.41) is 22.5. The van der Waals surface area contributed by atoms with Gasteiger partial charge in [-0.2, -0.15) is 0 Å². The van der Waals surface area contributed by atoms with Crippen molar-refractivity contribution in [2.24, 2.45) is 4.99 Å². The number of aliphatic imine (C=N–C) groups is 1. The predicted molar refractivity (Wildman–Crippen MR) is 125 cm³/mol. The monoisotopic (exact) mass is 489 g/mol. The number of esters is 1. The Bertz CT molecular complexity index is 1270. The van der Waals surface area contributed by atoms with E-state index in [-0.39, 0.29) is 22.7 Å². The molecule has 2 aromatic carbocycles. The fraction of sp³-hybridized carbons (Fsp3) is 0.286. The van der Waals surface area contributed by atoms with E-state index in [2.05, 4.69) is 9.98 Å². The minimum Gasteiger partial charge on any atom is -0.508 e. The quantitative estimate of drug-likeness (QED) is 0.296. The van der Waals surface area contributed by atoms with E-state index in [0.29, 0.717) is 21.6 Å². The van der Waals surface area contributed by atoms with Crippen molar-refractivity contribution in [3.05, 3.63) is 51.0 Å². The number of thiazole rings is 1. The number of rotatable bonds is 7. The van der Waals surface area contributed by atoms with Gasteiger partial charge in [-0.3, -0.25) is 15.1 Å². The molecule has 0 saturated carbocycles. The Morgan fingerprint density at radius 1 is 1.24 bits per heavy atom. The number of carbonyl (C=O) groups excluding carboxylic acids is 1. The molecule has 172 valence electrons. The summed E-state index contributed by atoms with van der Waals surface area (Å²) in [6.07, 6.45) is -0.910. The maximum Gasteiger partial charge on any atom is 0.332 e. The molecule has 1 aliphatic rings. The SMILES string of the molecule is COc1cc([C@H](C)OC(=O)[C@@H]2CSC(c3nc4ccc(O)cc4s3)=N2)c([N+](=O)[O-])cc1OC. The van der Waals surface area contributed by atoms with Crippen molar-refractivity contribution in [2.75, 3.05) is 20.0 Å². The first-order chi connectivity index (χ1) is 15.8. The molecule has 10 nitrogen and oxygen atoms in total. The standard InChI is InChI=1S/C21H19N3O7S2/c1-10(12-7-16(29-2)17(30-3)8-15(12)24(27)28)31-21(26)14-9-32-19(23-14)20-22-13-5-4-11(25)6-18(13)33-20/h4-8,10,14,25H,9H2,1-3H3/t10-,14-/m0/s1. The Morgan fingerprint density at radius 2 is 1.97 bits per heavy atom.